The van der Waals surface area contributed by atoms with Gasteiger partial charge in [-0.25, -0.2) is 0 Å². The molecule has 2 fully saturated rings. The SMILES string of the molecule is CNC1CC2CCC(C1)N2c1cc(C#N)ccc1Cl. The highest BCUT2D eigenvalue weighted by atomic mass is 35.5. The largest absolute Gasteiger partial charge is 0.364 e. The van der Waals surface area contributed by atoms with Crippen LogP contribution >= 0.6 is 11.6 Å². The summed E-state index contributed by atoms with van der Waals surface area (Å²) in [6.45, 7) is 0. The number of hydrogen-bond acceptors (Lipinski definition) is 3. The summed E-state index contributed by atoms with van der Waals surface area (Å²) >= 11 is 6.35. The monoisotopic (exact) mass is 275 g/mol. The van der Waals surface area contributed by atoms with Crippen molar-refractivity contribution in [3.8, 4) is 6.07 Å². The molecular formula is C15H18ClN3. The van der Waals surface area contributed by atoms with Crippen molar-refractivity contribution in [1.29, 1.82) is 5.26 Å². The minimum atomic E-state index is 0.558. The van der Waals surface area contributed by atoms with E-state index >= 15 is 0 Å². The van der Waals surface area contributed by atoms with E-state index in [0.717, 1.165) is 10.7 Å². The van der Waals surface area contributed by atoms with Crippen LogP contribution in [0.4, 0.5) is 5.69 Å². The van der Waals surface area contributed by atoms with Gasteiger partial charge in [-0.05, 0) is 50.9 Å². The van der Waals surface area contributed by atoms with E-state index in [-0.39, 0.29) is 0 Å². The fourth-order valence-electron chi connectivity index (χ4n) is 3.59. The molecular weight excluding hydrogens is 258 g/mol. The molecule has 0 saturated carbocycles. The van der Waals surface area contributed by atoms with E-state index in [2.05, 4.69) is 16.3 Å². The van der Waals surface area contributed by atoms with Crippen LogP contribution in [-0.2, 0) is 0 Å². The number of nitrogens with zero attached hydrogens (tertiary/aromatic N) is 2. The van der Waals surface area contributed by atoms with Crippen molar-refractivity contribution in [3.05, 3.63) is 28.8 Å². The van der Waals surface area contributed by atoms with Crippen LogP contribution in [0.1, 0.15) is 31.2 Å². The van der Waals surface area contributed by atoms with Crippen LogP contribution in [0.5, 0.6) is 0 Å². The van der Waals surface area contributed by atoms with Gasteiger partial charge in [-0.2, -0.15) is 5.26 Å². The number of benzene rings is 1. The minimum absolute atomic E-state index is 0.558. The fourth-order valence-corrected chi connectivity index (χ4v) is 3.80. The number of halogens is 1. The quantitative estimate of drug-likeness (QED) is 0.902. The molecule has 2 aliphatic rings. The predicted octanol–water partition coefficient (Wildman–Crippen LogP) is 2.93. The fraction of sp³-hybridized carbons (Fsp3) is 0.533. The molecule has 2 unspecified atom stereocenters. The van der Waals surface area contributed by atoms with Crippen LogP contribution in [0, 0.1) is 11.3 Å². The van der Waals surface area contributed by atoms with Crippen molar-refractivity contribution in [3.63, 3.8) is 0 Å². The van der Waals surface area contributed by atoms with Crippen molar-refractivity contribution in [2.45, 2.75) is 43.8 Å². The number of rotatable bonds is 2. The van der Waals surface area contributed by atoms with Gasteiger partial charge in [-0.1, -0.05) is 11.6 Å². The average molecular weight is 276 g/mol. The van der Waals surface area contributed by atoms with Gasteiger partial charge >= 0.3 is 0 Å². The van der Waals surface area contributed by atoms with Gasteiger partial charge < -0.3 is 10.2 Å². The second kappa shape index (κ2) is 5.03. The number of anilines is 1. The topological polar surface area (TPSA) is 39.1 Å². The minimum Gasteiger partial charge on any atom is -0.364 e. The summed E-state index contributed by atoms with van der Waals surface area (Å²) in [6.07, 6.45) is 4.80. The molecule has 1 aromatic rings. The van der Waals surface area contributed by atoms with Crippen LogP contribution < -0.4 is 10.2 Å². The van der Waals surface area contributed by atoms with E-state index in [1.165, 1.54) is 25.7 Å². The molecule has 1 N–H and O–H groups in total. The molecule has 100 valence electrons. The molecule has 0 radical (unpaired) electrons. The Hall–Kier alpha value is -1.24. The summed E-state index contributed by atoms with van der Waals surface area (Å²) in [5, 5.41) is 13.2. The molecule has 2 bridgehead atoms. The Morgan fingerprint density at radius 3 is 2.58 bits per heavy atom. The van der Waals surface area contributed by atoms with Crippen molar-refractivity contribution in [2.24, 2.45) is 0 Å². The van der Waals surface area contributed by atoms with Crippen LogP contribution in [0.15, 0.2) is 18.2 Å². The van der Waals surface area contributed by atoms with Crippen molar-refractivity contribution in [2.75, 3.05) is 11.9 Å². The number of fused-ring (bicyclic) bond motifs is 2. The van der Waals surface area contributed by atoms with Gasteiger partial charge in [0.1, 0.15) is 0 Å². The summed E-state index contributed by atoms with van der Waals surface area (Å²) in [7, 11) is 2.04. The third kappa shape index (κ3) is 2.20. The van der Waals surface area contributed by atoms with E-state index in [0.29, 0.717) is 23.7 Å². The second-order valence-electron chi connectivity index (χ2n) is 5.53. The Morgan fingerprint density at radius 2 is 2.00 bits per heavy atom. The number of nitriles is 1. The molecule has 2 heterocycles. The lowest BCUT2D eigenvalue weighted by Crippen LogP contribution is -2.48. The molecule has 2 atom stereocenters. The van der Waals surface area contributed by atoms with Crippen LogP contribution in [-0.4, -0.2) is 25.2 Å². The lowest BCUT2D eigenvalue weighted by molar-refractivity contribution is 0.374. The van der Waals surface area contributed by atoms with Gasteiger partial charge in [0.05, 0.1) is 22.3 Å². The Bertz CT molecular complexity index is 509. The highest BCUT2D eigenvalue weighted by Crippen LogP contribution is 2.42. The van der Waals surface area contributed by atoms with E-state index < -0.39 is 0 Å². The summed E-state index contributed by atoms with van der Waals surface area (Å²) < 4.78 is 0. The van der Waals surface area contributed by atoms with E-state index in [9.17, 15) is 0 Å². The zero-order valence-corrected chi connectivity index (χ0v) is 11.8. The lowest BCUT2D eigenvalue weighted by atomic mass is 9.96. The molecule has 2 saturated heterocycles. The highest BCUT2D eigenvalue weighted by molar-refractivity contribution is 6.33. The molecule has 3 nitrogen and oxygen atoms in total. The van der Waals surface area contributed by atoms with Crippen LogP contribution in [0.2, 0.25) is 5.02 Å². The molecule has 19 heavy (non-hydrogen) atoms. The zero-order chi connectivity index (χ0) is 13.4. The average Bonchev–Trinajstić information content (AvgIpc) is 2.69. The van der Waals surface area contributed by atoms with Crippen LogP contribution in [0.3, 0.4) is 0 Å². The summed E-state index contributed by atoms with van der Waals surface area (Å²) in [4.78, 5) is 2.46. The van der Waals surface area contributed by atoms with Gasteiger partial charge in [0.25, 0.3) is 0 Å². The molecule has 0 aliphatic carbocycles. The molecule has 2 aliphatic heterocycles. The van der Waals surface area contributed by atoms with E-state index in [1.807, 2.05) is 19.2 Å². The standard InChI is InChI=1S/C15H18ClN3/c1-18-11-7-12-3-4-13(8-11)19(12)15-6-10(9-17)2-5-14(15)16/h2,5-6,11-13,18H,3-4,7-8H2,1H3. The molecule has 3 rings (SSSR count). The molecule has 0 amide bonds. The van der Waals surface area contributed by atoms with E-state index in [1.54, 1.807) is 6.07 Å². The Balaban J connectivity index is 1.94. The first-order valence-electron chi connectivity index (χ1n) is 6.88. The van der Waals surface area contributed by atoms with Gasteiger partial charge in [-0.3, -0.25) is 0 Å². The Morgan fingerprint density at radius 1 is 1.32 bits per heavy atom. The Labute approximate surface area is 119 Å². The normalized spacial score (nSPS) is 29.3. The van der Waals surface area contributed by atoms with Gasteiger partial charge in [0.15, 0.2) is 0 Å². The summed E-state index contributed by atoms with van der Waals surface area (Å²) in [5.41, 5.74) is 1.73. The molecule has 4 heteroatoms. The lowest BCUT2D eigenvalue weighted by Gasteiger charge is -2.41. The number of hydrogen-bond donors (Lipinski definition) is 1. The van der Waals surface area contributed by atoms with Crippen LogP contribution in [0.25, 0.3) is 0 Å². The van der Waals surface area contributed by atoms with Crippen molar-refractivity contribution < 1.29 is 0 Å². The number of nitrogens with one attached hydrogen (secondary N) is 1. The van der Waals surface area contributed by atoms with Crippen molar-refractivity contribution in [1.82, 2.24) is 5.32 Å². The van der Waals surface area contributed by atoms with Crippen molar-refractivity contribution >= 4 is 17.3 Å². The smallest absolute Gasteiger partial charge is 0.0992 e. The molecule has 0 aromatic heterocycles. The predicted molar refractivity (Wildman–Crippen MR) is 77.5 cm³/mol. The maximum absolute atomic E-state index is 9.06. The third-order valence-corrected chi connectivity index (χ3v) is 4.81. The molecule has 0 spiro atoms. The number of piperidine rings is 1. The third-order valence-electron chi connectivity index (χ3n) is 4.49. The summed E-state index contributed by atoms with van der Waals surface area (Å²) in [5.74, 6) is 0. The van der Waals surface area contributed by atoms with Gasteiger partial charge in [0.2, 0.25) is 0 Å². The highest BCUT2D eigenvalue weighted by Gasteiger charge is 2.40. The first-order chi connectivity index (χ1) is 9.22. The van der Waals surface area contributed by atoms with E-state index in [4.69, 9.17) is 16.9 Å². The first-order valence-corrected chi connectivity index (χ1v) is 7.26. The molecule has 1 aromatic carbocycles. The Kier molecular flexibility index (Phi) is 3.38. The maximum atomic E-state index is 9.06. The van der Waals surface area contributed by atoms with Gasteiger partial charge in [0, 0.05) is 18.1 Å². The van der Waals surface area contributed by atoms with Gasteiger partial charge in [-0.15, -0.1) is 0 Å². The first kappa shape index (κ1) is 12.8. The summed E-state index contributed by atoms with van der Waals surface area (Å²) in [6, 6.07) is 9.51. The maximum Gasteiger partial charge on any atom is 0.0992 e. The second-order valence-corrected chi connectivity index (χ2v) is 5.93. The zero-order valence-electron chi connectivity index (χ0n) is 11.1.